The van der Waals surface area contributed by atoms with Crippen LogP contribution in [0.2, 0.25) is 0 Å². The Kier molecular flexibility index (Phi) is 3.46. The number of carbonyl (C=O) groups is 1. The first kappa shape index (κ1) is 11.0. The zero-order valence-electron chi connectivity index (χ0n) is 8.65. The van der Waals surface area contributed by atoms with E-state index in [2.05, 4.69) is 4.98 Å². The number of amides is 1. The van der Waals surface area contributed by atoms with E-state index in [1.165, 1.54) is 11.3 Å². The molecule has 0 aliphatic rings. The number of thiazole rings is 1. The second-order valence-corrected chi connectivity index (χ2v) is 4.34. The summed E-state index contributed by atoms with van der Waals surface area (Å²) in [4.78, 5) is 17.4. The topological polar surface area (TPSA) is 59.2 Å². The van der Waals surface area contributed by atoms with E-state index < -0.39 is 0 Å². The number of nitrogens with two attached hydrogens (primary N) is 1. The van der Waals surface area contributed by atoms with Crippen LogP contribution in [0.1, 0.15) is 19.5 Å². The minimum atomic E-state index is 0.0744. The van der Waals surface area contributed by atoms with Crippen LogP contribution >= 0.6 is 11.3 Å². The van der Waals surface area contributed by atoms with Crippen molar-refractivity contribution in [3.8, 4) is 0 Å². The number of anilines is 1. The lowest BCUT2D eigenvalue weighted by molar-refractivity contribution is -0.130. The van der Waals surface area contributed by atoms with E-state index >= 15 is 0 Å². The fourth-order valence-corrected chi connectivity index (χ4v) is 1.53. The van der Waals surface area contributed by atoms with Crippen molar-refractivity contribution in [2.45, 2.75) is 26.3 Å². The first-order valence-electron chi connectivity index (χ1n) is 4.46. The van der Waals surface area contributed by atoms with Crippen molar-refractivity contribution in [2.24, 2.45) is 0 Å². The minimum absolute atomic E-state index is 0.0744. The van der Waals surface area contributed by atoms with Gasteiger partial charge in [-0.15, -0.1) is 11.3 Å². The smallest absolute Gasteiger partial charge is 0.228 e. The molecule has 0 saturated heterocycles. The van der Waals surface area contributed by atoms with Gasteiger partial charge in [-0.05, 0) is 13.8 Å². The minimum Gasteiger partial charge on any atom is -0.375 e. The fourth-order valence-electron chi connectivity index (χ4n) is 0.971. The number of carbonyl (C=O) groups excluding carboxylic acids is 1. The van der Waals surface area contributed by atoms with Crippen LogP contribution in [0, 0.1) is 0 Å². The molecular formula is C9H15N3OS. The van der Waals surface area contributed by atoms with Gasteiger partial charge in [0, 0.05) is 18.5 Å². The van der Waals surface area contributed by atoms with Crippen LogP contribution in [0.3, 0.4) is 0 Å². The highest BCUT2D eigenvalue weighted by Crippen LogP contribution is 2.12. The maximum Gasteiger partial charge on any atom is 0.228 e. The highest BCUT2D eigenvalue weighted by Gasteiger charge is 2.13. The monoisotopic (exact) mass is 213 g/mol. The van der Waals surface area contributed by atoms with Gasteiger partial charge in [0.15, 0.2) is 5.13 Å². The van der Waals surface area contributed by atoms with Gasteiger partial charge >= 0.3 is 0 Å². The molecule has 1 aromatic rings. The lowest BCUT2D eigenvalue weighted by Crippen LogP contribution is -2.34. The molecule has 0 saturated carbocycles. The van der Waals surface area contributed by atoms with Crippen LogP contribution in [-0.4, -0.2) is 28.9 Å². The summed E-state index contributed by atoms with van der Waals surface area (Å²) < 4.78 is 0. The van der Waals surface area contributed by atoms with Crippen molar-refractivity contribution in [1.29, 1.82) is 0 Å². The summed E-state index contributed by atoms with van der Waals surface area (Å²) in [6.07, 6.45) is 0.336. The van der Waals surface area contributed by atoms with Crippen molar-refractivity contribution >= 4 is 22.4 Å². The van der Waals surface area contributed by atoms with Crippen LogP contribution in [0.25, 0.3) is 0 Å². The fraction of sp³-hybridized carbons (Fsp3) is 0.556. The molecule has 2 N–H and O–H groups in total. The zero-order valence-corrected chi connectivity index (χ0v) is 9.47. The van der Waals surface area contributed by atoms with Crippen LogP contribution < -0.4 is 5.73 Å². The number of nitrogens with zero attached hydrogens (tertiary/aromatic N) is 2. The summed E-state index contributed by atoms with van der Waals surface area (Å²) >= 11 is 1.36. The summed E-state index contributed by atoms with van der Waals surface area (Å²) in [7, 11) is 1.79. The van der Waals surface area contributed by atoms with E-state index in [-0.39, 0.29) is 11.9 Å². The summed E-state index contributed by atoms with van der Waals surface area (Å²) in [5.41, 5.74) is 6.23. The number of hydrogen-bond acceptors (Lipinski definition) is 4. The molecule has 4 nitrogen and oxygen atoms in total. The third kappa shape index (κ3) is 2.70. The summed E-state index contributed by atoms with van der Waals surface area (Å²) in [6, 6.07) is 0.221. The van der Waals surface area contributed by atoms with Crippen molar-refractivity contribution in [3.05, 3.63) is 11.1 Å². The molecular weight excluding hydrogens is 198 g/mol. The Morgan fingerprint density at radius 1 is 1.71 bits per heavy atom. The molecule has 1 aromatic heterocycles. The Bertz CT molecular complexity index is 322. The molecule has 0 aromatic carbocycles. The predicted octanol–water partition coefficient (Wildman–Crippen LogP) is 1.13. The Hall–Kier alpha value is -1.10. The van der Waals surface area contributed by atoms with Crippen LogP contribution in [0.5, 0.6) is 0 Å². The summed E-state index contributed by atoms with van der Waals surface area (Å²) in [6.45, 7) is 3.96. The second-order valence-electron chi connectivity index (χ2n) is 3.45. The van der Waals surface area contributed by atoms with Gasteiger partial charge in [-0.3, -0.25) is 4.79 Å². The van der Waals surface area contributed by atoms with Gasteiger partial charge in [-0.2, -0.15) is 0 Å². The maximum absolute atomic E-state index is 11.6. The number of hydrogen-bond donors (Lipinski definition) is 1. The third-order valence-corrected chi connectivity index (χ3v) is 2.79. The number of likely N-dealkylation sites (N-methyl/N-ethyl adjacent to an activating group) is 1. The molecule has 5 heteroatoms. The molecule has 1 rings (SSSR count). The highest BCUT2D eigenvalue weighted by atomic mass is 32.1. The van der Waals surface area contributed by atoms with Gasteiger partial charge in [-0.1, -0.05) is 0 Å². The van der Waals surface area contributed by atoms with Crippen molar-refractivity contribution in [1.82, 2.24) is 9.88 Å². The van der Waals surface area contributed by atoms with Gasteiger partial charge in [0.1, 0.15) is 0 Å². The molecule has 0 aliphatic carbocycles. The largest absolute Gasteiger partial charge is 0.375 e. The van der Waals surface area contributed by atoms with Gasteiger partial charge in [0.05, 0.1) is 12.1 Å². The molecule has 1 heterocycles. The van der Waals surface area contributed by atoms with Crippen LogP contribution in [0.15, 0.2) is 5.38 Å². The lowest BCUT2D eigenvalue weighted by Gasteiger charge is -2.20. The SMILES string of the molecule is CC(C)N(C)C(=O)Cc1csc(N)n1. The quantitative estimate of drug-likeness (QED) is 0.819. The van der Waals surface area contributed by atoms with Gasteiger partial charge in [0.2, 0.25) is 5.91 Å². The zero-order chi connectivity index (χ0) is 10.7. The van der Waals surface area contributed by atoms with E-state index in [1.807, 2.05) is 19.2 Å². The molecule has 78 valence electrons. The van der Waals surface area contributed by atoms with E-state index in [4.69, 9.17) is 5.73 Å². The Morgan fingerprint density at radius 2 is 2.36 bits per heavy atom. The Balaban J connectivity index is 2.57. The van der Waals surface area contributed by atoms with Crippen molar-refractivity contribution in [2.75, 3.05) is 12.8 Å². The summed E-state index contributed by atoms with van der Waals surface area (Å²) in [5.74, 6) is 0.0744. The van der Waals surface area contributed by atoms with Crippen LogP contribution in [0.4, 0.5) is 5.13 Å². The standard InChI is InChI=1S/C9H15N3OS/c1-6(2)12(3)8(13)4-7-5-14-9(10)11-7/h5-6H,4H2,1-3H3,(H2,10,11). The van der Waals surface area contributed by atoms with Crippen molar-refractivity contribution < 1.29 is 4.79 Å². The van der Waals surface area contributed by atoms with E-state index in [0.29, 0.717) is 11.6 Å². The number of aromatic nitrogens is 1. The molecule has 0 spiro atoms. The third-order valence-electron chi connectivity index (χ3n) is 2.07. The molecule has 0 radical (unpaired) electrons. The Morgan fingerprint density at radius 3 is 2.79 bits per heavy atom. The molecule has 0 aliphatic heterocycles. The van der Waals surface area contributed by atoms with Crippen molar-refractivity contribution in [3.63, 3.8) is 0 Å². The predicted molar refractivity (Wildman–Crippen MR) is 58.1 cm³/mol. The number of rotatable bonds is 3. The molecule has 14 heavy (non-hydrogen) atoms. The van der Waals surface area contributed by atoms with Gasteiger partial charge in [0.25, 0.3) is 0 Å². The van der Waals surface area contributed by atoms with E-state index in [0.717, 1.165) is 5.69 Å². The Labute approximate surface area is 87.7 Å². The molecule has 0 unspecified atom stereocenters. The normalized spacial score (nSPS) is 10.6. The molecule has 0 fully saturated rings. The molecule has 0 atom stereocenters. The van der Waals surface area contributed by atoms with E-state index in [9.17, 15) is 4.79 Å². The molecule has 0 bridgehead atoms. The number of nitrogen functional groups attached to an aromatic ring is 1. The lowest BCUT2D eigenvalue weighted by atomic mass is 10.2. The maximum atomic E-state index is 11.6. The average molecular weight is 213 g/mol. The van der Waals surface area contributed by atoms with Gasteiger partial charge < -0.3 is 10.6 Å². The first-order valence-corrected chi connectivity index (χ1v) is 5.34. The average Bonchev–Trinajstić information content (AvgIpc) is 2.49. The second kappa shape index (κ2) is 4.41. The van der Waals surface area contributed by atoms with Gasteiger partial charge in [-0.25, -0.2) is 4.98 Å². The highest BCUT2D eigenvalue weighted by molar-refractivity contribution is 7.13. The van der Waals surface area contributed by atoms with E-state index in [1.54, 1.807) is 11.9 Å². The first-order chi connectivity index (χ1) is 6.50. The van der Waals surface area contributed by atoms with Crippen LogP contribution in [-0.2, 0) is 11.2 Å². The summed E-state index contributed by atoms with van der Waals surface area (Å²) in [5, 5.41) is 2.33. The molecule has 1 amide bonds.